The Labute approximate surface area is 105 Å². The molecule has 100 valence electrons. The molecule has 1 saturated heterocycles. The van der Waals surface area contributed by atoms with E-state index in [-0.39, 0.29) is 6.54 Å². The fourth-order valence-electron chi connectivity index (χ4n) is 2.26. The maximum Gasteiger partial charge on any atom is 0.416 e. The minimum absolute atomic E-state index is 0.131. The van der Waals surface area contributed by atoms with E-state index < -0.39 is 11.7 Å². The highest BCUT2D eigenvalue weighted by Crippen LogP contribution is 2.35. The predicted molar refractivity (Wildman–Crippen MR) is 65.3 cm³/mol. The molecule has 2 N–H and O–H groups in total. The molecule has 0 amide bonds. The van der Waals surface area contributed by atoms with Gasteiger partial charge in [-0.2, -0.15) is 13.2 Å². The molecular formula is C13H17F3N2. The van der Waals surface area contributed by atoms with Crippen LogP contribution in [0.1, 0.15) is 24.5 Å². The number of hydrogen-bond acceptors (Lipinski definition) is 2. The molecule has 2 rings (SSSR count). The molecule has 1 aliphatic rings. The third kappa shape index (κ3) is 2.46. The van der Waals surface area contributed by atoms with Gasteiger partial charge in [-0.1, -0.05) is 6.92 Å². The van der Waals surface area contributed by atoms with Gasteiger partial charge in [0.2, 0.25) is 0 Å². The molecule has 18 heavy (non-hydrogen) atoms. The Bertz CT molecular complexity index is 423. The van der Waals surface area contributed by atoms with E-state index in [9.17, 15) is 13.2 Å². The van der Waals surface area contributed by atoms with Gasteiger partial charge in [0.1, 0.15) is 0 Å². The van der Waals surface area contributed by atoms with Crippen LogP contribution in [0.5, 0.6) is 0 Å². The summed E-state index contributed by atoms with van der Waals surface area (Å²) in [6.07, 6.45) is -3.20. The molecule has 1 aromatic rings. The Morgan fingerprint density at radius 1 is 1.33 bits per heavy atom. The van der Waals surface area contributed by atoms with Crippen LogP contribution in [0, 0.1) is 5.92 Å². The molecule has 1 heterocycles. The second kappa shape index (κ2) is 4.80. The lowest BCUT2D eigenvalue weighted by molar-refractivity contribution is -0.137. The number of nitrogens with two attached hydrogens (primary N) is 1. The summed E-state index contributed by atoms with van der Waals surface area (Å²) in [5.41, 5.74) is 6.34. The number of benzene rings is 1. The number of halogens is 3. The second-order valence-electron chi connectivity index (χ2n) is 4.72. The molecule has 1 aromatic carbocycles. The maximum atomic E-state index is 12.6. The number of alkyl halides is 3. The average Bonchev–Trinajstić information content (AvgIpc) is 2.26. The van der Waals surface area contributed by atoms with Crippen molar-refractivity contribution in [1.29, 1.82) is 0 Å². The van der Waals surface area contributed by atoms with E-state index in [1.807, 2.05) is 0 Å². The first-order chi connectivity index (χ1) is 8.45. The maximum absolute atomic E-state index is 12.6. The van der Waals surface area contributed by atoms with E-state index in [0.29, 0.717) is 11.5 Å². The van der Waals surface area contributed by atoms with Gasteiger partial charge in [-0.25, -0.2) is 0 Å². The van der Waals surface area contributed by atoms with Crippen LogP contribution in [0.3, 0.4) is 0 Å². The Balaban J connectivity index is 2.22. The van der Waals surface area contributed by atoms with Crippen LogP contribution in [0.4, 0.5) is 18.9 Å². The summed E-state index contributed by atoms with van der Waals surface area (Å²) in [5.74, 6) is 0.651. The van der Waals surface area contributed by atoms with Gasteiger partial charge >= 0.3 is 6.18 Å². The Morgan fingerprint density at radius 2 is 2.00 bits per heavy atom. The van der Waals surface area contributed by atoms with Gasteiger partial charge in [0.25, 0.3) is 0 Å². The van der Waals surface area contributed by atoms with Crippen LogP contribution in [0.25, 0.3) is 0 Å². The van der Waals surface area contributed by atoms with Crippen LogP contribution < -0.4 is 10.6 Å². The van der Waals surface area contributed by atoms with Crippen molar-refractivity contribution in [3.63, 3.8) is 0 Å². The first-order valence-electron chi connectivity index (χ1n) is 6.10. The van der Waals surface area contributed by atoms with Crippen LogP contribution in [-0.4, -0.2) is 13.1 Å². The minimum atomic E-state index is -4.30. The van der Waals surface area contributed by atoms with Gasteiger partial charge in [-0.3, -0.25) is 0 Å². The van der Waals surface area contributed by atoms with Gasteiger partial charge in [-0.15, -0.1) is 0 Å². The summed E-state index contributed by atoms with van der Waals surface area (Å²) in [6, 6.07) is 3.83. The van der Waals surface area contributed by atoms with Crippen LogP contribution >= 0.6 is 0 Å². The predicted octanol–water partition coefficient (Wildman–Crippen LogP) is 3.01. The van der Waals surface area contributed by atoms with Gasteiger partial charge in [-0.05, 0) is 36.1 Å². The molecule has 0 atom stereocenters. The fraction of sp³-hybridized carbons (Fsp3) is 0.538. The molecule has 0 spiro atoms. The quantitative estimate of drug-likeness (QED) is 0.903. The van der Waals surface area contributed by atoms with Crippen LogP contribution in [-0.2, 0) is 12.7 Å². The van der Waals surface area contributed by atoms with Gasteiger partial charge in [0, 0.05) is 25.3 Å². The molecule has 5 heteroatoms. The second-order valence-corrected chi connectivity index (χ2v) is 4.72. The molecule has 0 aromatic heterocycles. The lowest BCUT2D eigenvalue weighted by Gasteiger charge is -2.41. The zero-order valence-corrected chi connectivity index (χ0v) is 10.3. The van der Waals surface area contributed by atoms with Crippen LogP contribution in [0.15, 0.2) is 18.2 Å². The van der Waals surface area contributed by atoms with Crippen molar-refractivity contribution in [2.75, 3.05) is 18.0 Å². The summed E-state index contributed by atoms with van der Waals surface area (Å²) in [7, 11) is 0. The molecule has 1 fully saturated rings. The Kier molecular flexibility index (Phi) is 3.52. The van der Waals surface area contributed by atoms with E-state index >= 15 is 0 Å². The summed E-state index contributed by atoms with van der Waals surface area (Å²) in [6.45, 7) is 4.08. The Hall–Kier alpha value is -1.23. The highest BCUT2D eigenvalue weighted by atomic mass is 19.4. The number of rotatable bonds is 3. The standard InChI is InChI=1S/C13H17F3N2/c1-2-9-7-18(8-9)12-4-3-11(13(14,15)16)5-10(12)6-17/h3-5,9H,2,6-8,17H2,1H3. The van der Waals surface area contributed by atoms with Crippen molar-refractivity contribution in [2.24, 2.45) is 11.7 Å². The lowest BCUT2D eigenvalue weighted by Crippen LogP contribution is -2.46. The number of anilines is 1. The van der Waals surface area contributed by atoms with Crippen LogP contribution in [0.2, 0.25) is 0 Å². The summed E-state index contributed by atoms with van der Waals surface area (Å²) in [5, 5.41) is 0. The third-order valence-corrected chi connectivity index (χ3v) is 3.50. The van der Waals surface area contributed by atoms with E-state index in [0.717, 1.165) is 37.3 Å². The molecule has 2 nitrogen and oxygen atoms in total. The molecule has 0 aliphatic carbocycles. The monoisotopic (exact) mass is 258 g/mol. The zero-order valence-electron chi connectivity index (χ0n) is 10.3. The number of hydrogen-bond donors (Lipinski definition) is 1. The summed E-state index contributed by atoms with van der Waals surface area (Å²) < 4.78 is 37.8. The molecule has 0 unspecified atom stereocenters. The van der Waals surface area contributed by atoms with Crippen molar-refractivity contribution >= 4 is 5.69 Å². The molecule has 0 bridgehead atoms. The van der Waals surface area contributed by atoms with Crippen molar-refractivity contribution in [2.45, 2.75) is 26.1 Å². The van der Waals surface area contributed by atoms with Gasteiger partial charge in [0.05, 0.1) is 5.56 Å². The zero-order chi connectivity index (χ0) is 13.3. The first kappa shape index (κ1) is 13.2. The molecule has 1 aliphatic heterocycles. The lowest BCUT2D eigenvalue weighted by atomic mass is 9.95. The van der Waals surface area contributed by atoms with E-state index in [1.54, 1.807) is 0 Å². The molecular weight excluding hydrogens is 241 g/mol. The molecule has 0 radical (unpaired) electrons. The van der Waals surface area contributed by atoms with Crippen molar-refractivity contribution in [3.8, 4) is 0 Å². The highest BCUT2D eigenvalue weighted by molar-refractivity contribution is 5.57. The smallest absolute Gasteiger partial charge is 0.371 e. The van der Waals surface area contributed by atoms with E-state index in [2.05, 4.69) is 11.8 Å². The van der Waals surface area contributed by atoms with Crippen molar-refractivity contribution < 1.29 is 13.2 Å². The summed E-state index contributed by atoms with van der Waals surface area (Å²) in [4.78, 5) is 2.09. The van der Waals surface area contributed by atoms with Gasteiger partial charge in [0.15, 0.2) is 0 Å². The highest BCUT2D eigenvalue weighted by Gasteiger charge is 2.32. The normalized spacial score (nSPS) is 16.8. The van der Waals surface area contributed by atoms with Crippen molar-refractivity contribution in [1.82, 2.24) is 0 Å². The van der Waals surface area contributed by atoms with Gasteiger partial charge < -0.3 is 10.6 Å². The largest absolute Gasteiger partial charge is 0.416 e. The van der Waals surface area contributed by atoms with E-state index in [1.165, 1.54) is 6.07 Å². The average molecular weight is 258 g/mol. The number of nitrogens with zero attached hydrogens (tertiary/aromatic N) is 1. The SMILES string of the molecule is CCC1CN(c2ccc(C(F)(F)F)cc2CN)C1. The Morgan fingerprint density at radius 3 is 2.50 bits per heavy atom. The third-order valence-electron chi connectivity index (χ3n) is 3.50. The van der Waals surface area contributed by atoms with Crippen molar-refractivity contribution in [3.05, 3.63) is 29.3 Å². The minimum Gasteiger partial charge on any atom is -0.371 e. The topological polar surface area (TPSA) is 29.3 Å². The summed E-state index contributed by atoms with van der Waals surface area (Å²) >= 11 is 0. The molecule has 0 saturated carbocycles. The first-order valence-corrected chi connectivity index (χ1v) is 6.10. The van der Waals surface area contributed by atoms with E-state index in [4.69, 9.17) is 5.73 Å². The fourth-order valence-corrected chi connectivity index (χ4v) is 2.26.